The predicted octanol–water partition coefficient (Wildman–Crippen LogP) is 4.28. The molecule has 30 heavy (non-hydrogen) atoms. The summed E-state index contributed by atoms with van der Waals surface area (Å²) in [5.41, 5.74) is 2.84. The first-order valence-corrected chi connectivity index (χ1v) is 9.87. The van der Waals surface area contributed by atoms with Crippen LogP contribution in [-0.2, 0) is 0 Å². The first-order valence-electron chi connectivity index (χ1n) is 9.87. The molecule has 2 aromatic carbocycles. The van der Waals surface area contributed by atoms with E-state index in [4.69, 9.17) is 4.52 Å². The molecule has 1 atom stereocenters. The number of aryl methyl sites for hydroxylation is 2. The Morgan fingerprint density at radius 2 is 1.97 bits per heavy atom. The van der Waals surface area contributed by atoms with E-state index in [2.05, 4.69) is 10.1 Å². The Balaban J connectivity index is 1.51. The molecule has 0 bridgehead atoms. The Morgan fingerprint density at radius 1 is 1.20 bits per heavy atom. The lowest BCUT2D eigenvalue weighted by atomic mass is 9.97. The number of benzene rings is 2. The first kappa shape index (κ1) is 19.8. The minimum Gasteiger partial charge on any atom is -0.339 e. The molecule has 4 rings (SSSR count). The van der Waals surface area contributed by atoms with Gasteiger partial charge in [0.1, 0.15) is 0 Å². The van der Waals surface area contributed by atoms with Crippen LogP contribution in [0.25, 0.3) is 11.4 Å². The van der Waals surface area contributed by atoms with E-state index < -0.39 is 4.92 Å². The molecule has 1 fully saturated rings. The molecular formula is C22H22N4O4. The van der Waals surface area contributed by atoms with Gasteiger partial charge >= 0.3 is 0 Å². The van der Waals surface area contributed by atoms with Gasteiger partial charge in [-0.15, -0.1) is 0 Å². The highest BCUT2D eigenvalue weighted by atomic mass is 16.6. The van der Waals surface area contributed by atoms with Gasteiger partial charge in [-0.3, -0.25) is 14.9 Å². The van der Waals surface area contributed by atoms with Gasteiger partial charge < -0.3 is 9.42 Å². The molecule has 2 heterocycles. The van der Waals surface area contributed by atoms with Crippen LogP contribution < -0.4 is 0 Å². The highest BCUT2D eigenvalue weighted by Gasteiger charge is 2.30. The number of nitro benzene ring substituents is 1. The number of likely N-dealkylation sites (tertiary alicyclic amines) is 1. The van der Waals surface area contributed by atoms with E-state index in [-0.39, 0.29) is 17.5 Å². The average molecular weight is 406 g/mol. The molecule has 1 aliphatic rings. The van der Waals surface area contributed by atoms with Crippen LogP contribution in [0.2, 0.25) is 0 Å². The van der Waals surface area contributed by atoms with Gasteiger partial charge in [0.25, 0.3) is 11.6 Å². The van der Waals surface area contributed by atoms with Crippen molar-refractivity contribution in [1.29, 1.82) is 0 Å². The molecule has 0 N–H and O–H groups in total. The van der Waals surface area contributed by atoms with Crippen molar-refractivity contribution in [3.8, 4) is 11.4 Å². The van der Waals surface area contributed by atoms with Crippen LogP contribution in [0.4, 0.5) is 5.69 Å². The van der Waals surface area contributed by atoms with Gasteiger partial charge in [-0.05, 0) is 32.8 Å². The molecule has 1 amide bonds. The number of nitro groups is 1. The molecule has 0 saturated carbocycles. The number of carbonyl (C=O) groups is 1. The van der Waals surface area contributed by atoms with Crippen molar-refractivity contribution in [1.82, 2.24) is 15.0 Å². The lowest BCUT2D eigenvalue weighted by Crippen LogP contribution is -2.39. The van der Waals surface area contributed by atoms with E-state index in [1.165, 1.54) is 6.07 Å². The van der Waals surface area contributed by atoms with E-state index >= 15 is 0 Å². The zero-order chi connectivity index (χ0) is 21.3. The summed E-state index contributed by atoms with van der Waals surface area (Å²) < 4.78 is 5.50. The minimum absolute atomic E-state index is 0.0472. The second-order valence-corrected chi connectivity index (χ2v) is 7.67. The molecule has 1 saturated heterocycles. The third-order valence-corrected chi connectivity index (χ3v) is 5.46. The molecular weight excluding hydrogens is 384 g/mol. The van der Waals surface area contributed by atoms with Crippen LogP contribution in [0.5, 0.6) is 0 Å². The normalized spacial score (nSPS) is 16.5. The molecule has 154 valence electrons. The lowest BCUT2D eigenvalue weighted by molar-refractivity contribution is -0.385. The number of aromatic nitrogens is 2. The van der Waals surface area contributed by atoms with Crippen molar-refractivity contribution in [3.05, 3.63) is 75.2 Å². The molecule has 1 aromatic heterocycles. The fraction of sp³-hybridized carbons (Fsp3) is 0.318. The van der Waals surface area contributed by atoms with Gasteiger partial charge in [-0.25, -0.2) is 0 Å². The van der Waals surface area contributed by atoms with Crippen molar-refractivity contribution < 1.29 is 14.2 Å². The maximum atomic E-state index is 13.0. The fourth-order valence-corrected chi connectivity index (χ4v) is 3.71. The van der Waals surface area contributed by atoms with Gasteiger partial charge in [0.05, 0.1) is 10.8 Å². The van der Waals surface area contributed by atoms with Crippen molar-refractivity contribution in [2.45, 2.75) is 32.6 Å². The quantitative estimate of drug-likeness (QED) is 0.473. The maximum absolute atomic E-state index is 13.0. The summed E-state index contributed by atoms with van der Waals surface area (Å²) in [6.07, 6.45) is 1.64. The number of hydrogen-bond donors (Lipinski definition) is 0. The van der Waals surface area contributed by atoms with E-state index in [0.717, 1.165) is 24.0 Å². The van der Waals surface area contributed by atoms with Crippen molar-refractivity contribution in [2.75, 3.05) is 13.1 Å². The van der Waals surface area contributed by atoms with Gasteiger partial charge in [0.15, 0.2) is 0 Å². The van der Waals surface area contributed by atoms with Crippen molar-refractivity contribution in [2.24, 2.45) is 0 Å². The number of amides is 1. The molecule has 0 radical (unpaired) electrons. The van der Waals surface area contributed by atoms with Crippen LogP contribution in [0.3, 0.4) is 0 Å². The Kier molecular flexibility index (Phi) is 5.31. The lowest BCUT2D eigenvalue weighted by Gasteiger charge is -2.31. The Hall–Kier alpha value is -3.55. The summed E-state index contributed by atoms with van der Waals surface area (Å²) in [5, 5.41) is 15.3. The molecule has 8 heteroatoms. The molecule has 0 spiro atoms. The highest BCUT2D eigenvalue weighted by Crippen LogP contribution is 2.29. The SMILES string of the molecule is Cc1ccc(-c2noc(C3CCCN(C(=O)c4ccc(C)c([N+](=O)[O-])c4)C3)n2)cc1. The molecule has 1 aliphatic heterocycles. The van der Waals surface area contributed by atoms with E-state index in [9.17, 15) is 14.9 Å². The Labute approximate surface area is 173 Å². The molecule has 0 aliphatic carbocycles. The minimum atomic E-state index is -0.462. The van der Waals surface area contributed by atoms with E-state index in [1.54, 1.807) is 24.0 Å². The summed E-state index contributed by atoms with van der Waals surface area (Å²) >= 11 is 0. The number of hydrogen-bond acceptors (Lipinski definition) is 6. The van der Waals surface area contributed by atoms with Crippen LogP contribution in [-0.4, -0.2) is 39.0 Å². The number of nitrogens with zero attached hydrogens (tertiary/aromatic N) is 4. The molecule has 8 nitrogen and oxygen atoms in total. The largest absolute Gasteiger partial charge is 0.339 e. The zero-order valence-corrected chi connectivity index (χ0v) is 16.9. The standard InChI is InChI=1S/C22H22N4O4/c1-14-5-8-16(9-6-14)20-23-21(30-24-20)18-4-3-11-25(13-18)22(27)17-10-7-15(2)19(12-17)26(28)29/h5-10,12,18H,3-4,11,13H2,1-2H3. The number of piperidine rings is 1. The fourth-order valence-electron chi connectivity index (χ4n) is 3.71. The first-order chi connectivity index (χ1) is 14.4. The van der Waals surface area contributed by atoms with Gasteiger partial charge in [0, 0.05) is 35.8 Å². The Bertz CT molecular complexity index is 1090. The van der Waals surface area contributed by atoms with Crippen molar-refractivity contribution in [3.63, 3.8) is 0 Å². The van der Waals surface area contributed by atoms with E-state index in [0.29, 0.717) is 35.9 Å². The number of rotatable bonds is 4. The zero-order valence-electron chi connectivity index (χ0n) is 16.9. The van der Waals surface area contributed by atoms with Gasteiger partial charge in [-0.2, -0.15) is 4.98 Å². The summed E-state index contributed by atoms with van der Waals surface area (Å²) in [5.74, 6) is 0.761. The van der Waals surface area contributed by atoms with Gasteiger partial charge in [-0.1, -0.05) is 41.1 Å². The average Bonchev–Trinajstić information content (AvgIpc) is 3.24. The summed E-state index contributed by atoms with van der Waals surface area (Å²) in [6.45, 7) is 4.71. The molecule has 3 aromatic rings. The topological polar surface area (TPSA) is 102 Å². The summed E-state index contributed by atoms with van der Waals surface area (Å²) in [7, 11) is 0. The monoisotopic (exact) mass is 406 g/mol. The third kappa shape index (κ3) is 3.94. The second-order valence-electron chi connectivity index (χ2n) is 7.67. The smallest absolute Gasteiger partial charge is 0.273 e. The van der Waals surface area contributed by atoms with Crippen LogP contribution in [0.1, 0.15) is 46.1 Å². The summed E-state index contributed by atoms with van der Waals surface area (Å²) in [6, 6.07) is 12.5. The Morgan fingerprint density at radius 3 is 2.70 bits per heavy atom. The van der Waals surface area contributed by atoms with Crippen LogP contribution in [0.15, 0.2) is 47.0 Å². The highest BCUT2D eigenvalue weighted by molar-refractivity contribution is 5.95. The molecule has 1 unspecified atom stereocenters. The predicted molar refractivity (Wildman–Crippen MR) is 110 cm³/mol. The number of carbonyl (C=O) groups excluding carboxylic acids is 1. The van der Waals surface area contributed by atoms with Gasteiger partial charge in [0.2, 0.25) is 11.7 Å². The van der Waals surface area contributed by atoms with Crippen LogP contribution in [0, 0.1) is 24.0 Å². The third-order valence-electron chi connectivity index (χ3n) is 5.46. The van der Waals surface area contributed by atoms with E-state index in [1.807, 2.05) is 31.2 Å². The summed E-state index contributed by atoms with van der Waals surface area (Å²) in [4.78, 5) is 29.9. The maximum Gasteiger partial charge on any atom is 0.273 e. The second kappa shape index (κ2) is 8.06. The van der Waals surface area contributed by atoms with Crippen LogP contribution >= 0.6 is 0 Å². The van der Waals surface area contributed by atoms with Crippen molar-refractivity contribution >= 4 is 11.6 Å².